The second-order valence-corrected chi connectivity index (χ2v) is 8.81. The van der Waals surface area contributed by atoms with Crippen LogP contribution < -0.4 is 19.7 Å². The number of pyridine rings is 1. The van der Waals surface area contributed by atoms with Crippen molar-refractivity contribution in [1.29, 1.82) is 0 Å². The maximum absolute atomic E-state index is 11.8. The molecule has 3 aliphatic heterocycles. The number of anilines is 2. The molecule has 7 heteroatoms. The first kappa shape index (κ1) is 21.1. The first-order chi connectivity index (χ1) is 15.8. The number of benzene rings is 1. The molecule has 0 bridgehead atoms. The number of rotatable bonds is 7. The molecule has 0 atom stereocenters. The molecule has 32 heavy (non-hydrogen) atoms. The Hall–Kier alpha value is -2.80. The third-order valence-electron chi connectivity index (χ3n) is 6.59. The van der Waals surface area contributed by atoms with Gasteiger partial charge in [-0.1, -0.05) is 12.1 Å². The molecule has 0 aliphatic carbocycles. The lowest BCUT2D eigenvalue weighted by Gasteiger charge is -2.36. The van der Waals surface area contributed by atoms with E-state index >= 15 is 0 Å². The number of amides is 1. The van der Waals surface area contributed by atoms with Crippen LogP contribution in [0.3, 0.4) is 0 Å². The Balaban J connectivity index is 1.03. The molecule has 7 nitrogen and oxygen atoms in total. The van der Waals surface area contributed by atoms with Gasteiger partial charge in [0.15, 0.2) is 0 Å². The number of unbranched alkanes of at least 4 members (excludes halogenated alkanes) is 1. The van der Waals surface area contributed by atoms with Crippen molar-refractivity contribution in [3.05, 3.63) is 41.5 Å². The predicted octanol–water partition coefficient (Wildman–Crippen LogP) is 3.27. The summed E-state index contributed by atoms with van der Waals surface area (Å²) < 4.78 is 11.7. The zero-order valence-corrected chi connectivity index (χ0v) is 18.6. The fraction of sp³-hybridized carbons (Fsp3) is 0.520. The molecule has 0 unspecified atom stereocenters. The number of aryl methyl sites for hydroxylation is 1. The lowest BCUT2D eigenvalue weighted by Crippen LogP contribution is -2.46. The Kier molecular flexibility index (Phi) is 6.44. The standard InChI is InChI=1S/C25H32N4O3/c30-22-8-4-6-20-9-10-23(27-25(20)26-22)31-17-2-1-12-28-13-15-29(16-14-28)21-7-3-5-19-11-18-32-24(19)21/h3,5,7,9-10H,1-2,4,6,8,11-18H2,(H,26,27,30). The molecule has 0 saturated carbocycles. The van der Waals surface area contributed by atoms with Crippen LogP contribution in [0, 0.1) is 0 Å². The highest BCUT2D eigenvalue weighted by atomic mass is 16.5. The number of ether oxygens (including phenoxy) is 2. The van der Waals surface area contributed by atoms with Gasteiger partial charge < -0.3 is 19.7 Å². The van der Waals surface area contributed by atoms with E-state index in [1.807, 2.05) is 12.1 Å². The summed E-state index contributed by atoms with van der Waals surface area (Å²) in [6, 6.07) is 10.5. The first-order valence-electron chi connectivity index (χ1n) is 11.9. The number of hydrogen-bond donors (Lipinski definition) is 1. The first-order valence-corrected chi connectivity index (χ1v) is 11.9. The van der Waals surface area contributed by atoms with Crippen molar-refractivity contribution in [3.8, 4) is 11.6 Å². The number of nitrogens with zero attached hydrogens (tertiary/aromatic N) is 3. The molecular formula is C25H32N4O3. The topological polar surface area (TPSA) is 66.9 Å². The Morgan fingerprint density at radius 3 is 2.81 bits per heavy atom. The van der Waals surface area contributed by atoms with Gasteiger partial charge in [-0.2, -0.15) is 4.98 Å². The summed E-state index contributed by atoms with van der Waals surface area (Å²) in [5, 5.41) is 2.89. The van der Waals surface area contributed by atoms with Crippen molar-refractivity contribution >= 4 is 17.4 Å². The van der Waals surface area contributed by atoms with E-state index in [9.17, 15) is 4.79 Å². The van der Waals surface area contributed by atoms with Crippen LogP contribution in [0.2, 0.25) is 0 Å². The summed E-state index contributed by atoms with van der Waals surface area (Å²) in [5.74, 6) is 2.40. The van der Waals surface area contributed by atoms with Crippen LogP contribution in [-0.4, -0.2) is 61.7 Å². The van der Waals surface area contributed by atoms with Crippen molar-refractivity contribution < 1.29 is 14.3 Å². The van der Waals surface area contributed by atoms with Crippen LogP contribution in [0.15, 0.2) is 30.3 Å². The molecule has 4 heterocycles. The highest BCUT2D eigenvalue weighted by Gasteiger charge is 2.23. The lowest BCUT2D eigenvalue weighted by atomic mass is 10.1. The molecule has 0 radical (unpaired) electrons. The summed E-state index contributed by atoms with van der Waals surface area (Å²) >= 11 is 0. The van der Waals surface area contributed by atoms with Crippen LogP contribution in [0.1, 0.15) is 36.8 Å². The minimum Gasteiger partial charge on any atom is -0.491 e. The number of para-hydroxylation sites is 1. The second-order valence-electron chi connectivity index (χ2n) is 8.81. The molecule has 1 aromatic heterocycles. The van der Waals surface area contributed by atoms with Crippen LogP contribution >= 0.6 is 0 Å². The van der Waals surface area contributed by atoms with Gasteiger partial charge in [0, 0.05) is 45.1 Å². The number of aromatic nitrogens is 1. The normalized spacial score (nSPS) is 18.4. The molecule has 5 rings (SSSR count). The average molecular weight is 437 g/mol. The van der Waals surface area contributed by atoms with E-state index in [1.165, 1.54) is 11.3 Å². The van der Waals surface area contributed by atoms with Crippen molar-refractivity contribution in [2.45, 2.75) is 38.5 Å². The van der Waals surface area contributed by atoms with Crippen LogP contribution in [0.5, 0.6) is 11.6 Å². The molecule has 1 saturated heterocycles. The number of hydrogen-bond acceptors (Lipinski definition) is 6. The third-order valence-corrected chi connectivity index (χ3v) is 6.59. The highest BCUT2D eigenvalue weighted by Crippen LogP contribution is 2.36. The largest absolute Gasteiger partial charge is 0.491 e. The molecule has 1 aromatic carbocycles. The number of carbonyl (C=O) groups is 1. The van der Waals surface area contributed by atoms with Crippen LogP contribution in [0.25, 0.3) is 0 Å². The van der Waals surface area contributed by atoms with Gasteiger partial charge in [-0.05, 0) is 55.5 Å². The second kappa shape index (κ2) is 9.77. The molecule has 1 N–H and O–H groups in total. The predicted molar refractivity (Wildman–Crippen MR) is 125 cm³/mol. The van der Waals surface area contributed by atoms with E-state index in [1.54, 1.807) is 0 Å². The van der Waals surface area contributed by atoms with Gasteiger partial charge in [0.2, 0.25) is 11.8 Å². The zero-order valence-electron chi connectivity index (χ0n) is 18.6. The maximum Gasteiger partial charge on any atom is 0.225 e. The Morgan fingerprint density at radius 2 is 1.91 bits per heavy atom. The third kappa shape index (κ3) is 4.83. The summed E-state index contributed by atoms with van der Waals surface area (Å²) in [6.45, 7) is 6.79. The monoisotopic (exact) mass is 436 g/mol. The highest BCUT2D eigenvalue weighted by molar-refractivity contribution is 5.91. The Labute approximate surface area is 189 Å². The summed E-state index contributed by atoms with van der Waals surface area (Å²) in [7, 11) is 0. The summed E-state index contributed by atoms with van der Waals surface area (Å²) in [4.78, 5) is 21.2. The van der Waals surface area contributed by atoms with Gasteiger partial charge in [0.1, 0.15) is 11.6 Å². The SMILES string of the molecule is O=C1CCCc2ccc(OCCCCN3CCN(c4cccc5c4OCC5)CC3)nc2N1. The lowest BCUT2D eigenvalue weighted by molar-refractivity contribution is -0.116. The molecule has 1 fully saturated rings. The van der Waals surface area contributed by atoms with Crippen molar-refractivity contribution in [2.24, 2.45) is 0 Å². The van der Waals surface area contributed by atoms with Crippen molar-refractivity contribution in [3.63, 3.8) is 0 Å². The van der Waals surface area contributed by atoms with E-state index in [4.69, 9.17) is 9.47 Å². The van der Waals surface area contributed by atoms with Gasteiger partial charge in [-0.15, -0.1) is 0 Å². The summed E-state index contributed by atoms with van der Waals surface area (Å²) in [5.41, 5.74) is 3.70. The van der Waals surface area contributed by atoms with Gasteiger partial charge in [-0.3, -0.25) is 9.69 Å². The number of nitrogens with one attached hydrogen (secondary N) is 1. The van der Waals surface area contributed by atoms with E-state index in [0.717, 1.165) is 82.7 Å². The Morgan fingerprint density at radius 1 is 1.00 bits per heavy atom. The van der Waals surface area contributed by atoms with Crippen LogP contribution in [0.4, 0.5) is 11.5 Å². The van der Waals surface area contributed by atoms with Crippen LogP contribution in [-0.2, 0) is 17.6 Å². The Bertz CT molecular complexity index is 956. The molecule has 170 valence electrons. The molecule has 2 aromatic rings. The number of piperazine rings is 1. The fourth-order valence-electron chi connectivity index (χ4n) is 4.77. The smallest absolute Gasteiger partial charge is 0.225 e. The quantitative estimate of drug-likeness (QED) is 0.672. The van der Waals surface area contributed by atoms with Crippen molar-refractivity contribution in [2.75, 3.05) is 56.2 Å². The van der Waals surface area contributed by atoms with Crippen molar-refractivity contribution in [1.82, 2.24) is 9.88 Å². The van der Waals surface area contributed by atoms with E-state index in [2.05, 4.69) is 38.3 Å². The molecule has 3 aliphatic rings. The summed E-state index contributed by atoms with van der Waals surface area (Å²) in [6.07, 6.45) is 5.44. The average Bonchev–Trinajstić information content (AvgIpc) is 3.22. The minimum atomic E-state index is 0.0395. The van der Waals surface area contributed by atoms with Gasteiger partial charge in [-0.25, -0.2) is 0 Å². The van der Waals surface area contributed by atoms with Gasteiger partial charge in [0.05, 0.1) is 18.9 Å². The number of fused-ring (bicyclic) bond motifs is 2. The zero-order chi connectivity index (χ0) is 21.8. The number of carbonyl (C=O) groups excluding carboxylic acids is 1. The maximum atomic E-state index is 11.8. The molecule has 1 amide bonds. The van der Waals surface area contributed by atoms with Gasteiger partial charge in [0.25, 0.3) is 0 Å². The van der Waals surface area contributed by atoms with Gasteiger partial charge >= 0.3 is 0 Å². The van der Waals surface area contributed by atoms with E-state index in [-0.39, 0.29) is 5.91 Å². The molecular weight excluding hydrogens is 404 g/mol. The fourth-order valence-corrected chi connectivity index (χ4v) is 4.77. The minimum absolute atomic E-state index is 0.0395. The van der Waals surface area contributed by atoms with E-state index in [0.29, 0.717) is 24.7 Å². The van der Waals surface area contributed by atoms with E-state index < -0.39 is 0 Å². The molecule has 0 spiro atoms.